The number of ether oxygens (including phenoxy) is 1. The minimum atomic E-state index is -0.472. The van der Waals surface area contributed by atoms with Crippen LogP contribution in [0.5, 0.6) is 0 Å². The molecule has 5 aliphatic carbocycles. The molecule has 194 valence electrons. The van der Waals surface area contributed by atoms with Gasteiger partial charge in [-0.15, -0.1) is 0 Å². The number of methoxy groups -OCH3 is 1. The van der Waals surface area contributed by atoms with Crippen molar-refractivity contribution in [1.82, 2.24) is 20.0 Å². The van der Waals surface area contributed by atoms with Crippen molar-refractivity contribution in [3.8, 4) is 0 Å². The molecule has 4 bridgehead atoms. The fraction of sp³-hybridized carbons (Fsp3) is 0.852. The summed E-state index contributed by atoms with van der Waals surface area (Å²) in [6.07, 6.45) is 9.85. The Hall–Kier alpha value is -1.64. The van der Waals surface area contributed by atoms with Crippen molar-refractivity contribution in [2.24, 2.45) is 30.7 Å². The quantitative estimate of drug-likeness (QED) is 0.559. The van der Waals surface area contributed by atoms with Crippen molar-refractivity contribution in [3.63, 3.8) is 0 Å². The number of nitrogens with one attached hydrogen (secondary N) is 1. The van der Waals surface area contributed by atoms with E-state index in [-0.39, 0.29) is 11.9 Å². The second kappa shape index (κ2) is 9.34. The maximum atomic E-state index is 13.3. The molecule has 1 aromatic rings. The zero-order valence-corrected chi connectivity index (χ0v) is 21.5. The Kier molecular flexibility index (Phi) is 6.34. The number of aryl methyl sites for hydroxylation is 1. The van der Waals surface area contributed by atoms with Gasteiger partial charge in [0.1, 0.15) is 5.82 Å². The van der Waals surface area contributed by atoms with E-state index in [2.05, 4.69) is 20.2 Å². The number of aromatic nitrogens is 2. The van der Waals surface area contributed by atoms with Crippen LogP contribution >= 0.6 is 0 Å². The number of carbonyl (C=O) groups excluding carboxylic acids is 1. The number of likely N-dealkylation sites (tertiary alicyclic amines) is 1. The largest absolute Gasteiger partial charge is 0.390 e. The van der Waals surface area contributed by atoms with Gasteiger partial charge in [0.2, 0.25) is 0 Å². The molecular weight excluding hydrogens is 442 g/mol. The molecule has 1 amide bonds. The van der Waals surface area contributed by atoms with Crippen molar-refractivity contribution >= 4 is 11.7 Å². The first kappa shape index (κ1) is 23.7. The number of hydrogen-bond donors (Lipinski definition) is 2. The molecule has 0 aromatic carbocycles. The number of aliphatic hydroxyl groups is 1. The van der Waals surface area contributed by atoms with Crippen molar-refractivity contribution in [1.29, 1.82) is 0 Å². The normalized spacial score (nSPS) is 34.9. The SMILES string of the molecule is COCCN1CCC(CN(c2cc(C(=O)NC3C4CC5CC3CC(O)(C5)C4)nn2C)C2CC2)CC1. The first-order chi connectivity index (χ1) is 16.9. The Labute approximate surface area is 209 Å². The Morgan fingerprint density at radius 1 is 1.20 bits per heavy atom. The minimum Gasteiger partial charge on any atom is -0.390 e. The van der Waals surface area contributed by atoms with Crippen molar-refractivity contribution in [3.05, 3.63) is 11.8 Å². The van der Waals surface area contributed by atoms with Crippen LogP contribution in [0.1, 0.15) is 68.3 Å². The fourth-order valence-electron chi connectivity index (χ4n) is 7.99. The van der Waals surface area contributed by atoms with Gasteiger partial charge in [0.05, 0.1) is 12.2 Å². The summed E-state index contributed by atoms with van der Waals surface area (Å²) >= 11 is 0. The molecule has 7 rings (SSSR count). The Morgan fingerprint density at radius 2 is 1.91 bits per heavy atom. The molecule has 6 fully saturated rings. The molecule has 2 N–H and O–H groups in total. The first-order valence-corrected chi connectivity index (χ1v) is 14.0. The van der Waals surface area contributed by atoms with E-state index in [9.17, 15) is 9.90 Å². The standard InChI is InChI=1S/C27H43N5O3/c1-30-24(32(22-3-4-22)17-18-5-7-31(8-6-18)9-10-35-2)13-23(29-30)26(33)28-25-20-11-19-12-21(25)16-27(34,14-19)15-20/h13,18-22,25,34H,3-12,14-17H2,1-2H3,(H,28,33). The number of rotatable bonds is 9. The lowest BCUT2D eigenvalue weighted by Crippen LogP contribution is -2.61. The van der Waals surface area contributed by atoms with E-state index in [1.165, 1.54) is 25.7 Å². The molecule has 8 heteroatoms. The molecule has 2 atom stereocenters. The summed E-state index contributed by atoms with van der Waals surface area (Å²) in [5.41, 5.74) is 0.0654. The van der Waals surface area contributed by atoms with Gasteiger partial charge < -0.3 is 25.0 Å². The molecule has 1 aromatic heterocycles. The van der Waals surface area contributed by atoms with Gasteiger partial charge in [0.25, 0.3) is 5.91 Å². The molecule has 1 aliphatic heterocycles. The Balaban J connectivity index is 1.10. The van der Waals surface area contributed by atoms with Gasteiger partial charge in [-0.05, 0) is 94.5 Å². The Bertz CT molecular complexity index is 906. The molecule has 2 unspecified atom stereocenters. The average molecular weight is 486 g/mol. The predicted molar refractivity (Wildman–Crippen MR) is 134 cm³/mol. The molecule has 1 saturated heterocycles. The van der Waals surface area contributed by atoms with Crippen LogP contribution in [-0.2, 0) is 11.8 Å². The van der Waals surface area contributed by atoms with Crippen LogP contribution in [0.3, 0.4) is 0 Å². The Morgan fingerprint density at radius 3 is 2.54 bits per heavy atom. The van der Waals surface area contributed by atoms with Crippen molar-refractivity contribution in [2.45, 2.75) is 75.5 Å². The molecule has 0 radical (unpaired) electrons. The van der Waals surface area contributed by atoms with E-state index in [1.807, 2.05) is 17.8 Å². The monoisotopic (exact) mass is 485 g/mol. The molecular formula is C27H43N5O3. The third-order valence-electron chi connectivity index (χ3n) is 9.68. The molecule has 6 aliphatic rings. The van der Waals surface area contributed by atoms with Crippen LogP contribution in [0.2, 0.25) is 0 Å². The molecule has 0 spiro atoms. The number of anilines is 1. The maximum absolute atomic E-state index is 13.3. The second-order valence-electron chi connectivity index (χ2n) is 12.4. The summed E-state index contributed by atoms with van der Waals surface area (Å²) in [6, 6.07) is 2.79. The van der Waals surface area contributed by atoms with E-state index in [0.29, 0.717) is 35.4 Å². The van der Waals surface area contributed by atoms with Crippen LogP contribution < -0.4 is 10.2 Å². The van der Waals surface area contributed by atoms with Crippen LogP contribution in [0.15, 0.2) is 6.07 Å². The second-order valence-corrected chi connectivity index (χ2v) is 12.4. The van der Waals surface area contributed by atoms with Crippen molar-refractivity contribution in [2.75, 3.05) is 44.8 Å². The van der Waals surface area contributed by atoms with Crippen LogP contribution in [0.25, 0.3) is 0 Å². The summed E-state index contributed by atoms with van der Waals surface area (Å²) in [5.74, 6) is 3.19. The summed E-state index contributed by atoms with van der Waals surface area (Å²) in [4.78, 5) is 18.4. The van der Waals surface area contributed by atoms with Crippen LogP contribution in [0, 0.1) is 23.7 Å². The van der Waals surface area contributed by atoms with Crippen LogP contribution in [0.4, 0.5) is 5.82 Å². The number of amides is 1. The molecule has 35 heavy (non-hydrogen) atoms. The lowest BCUT2D eigenvalue weighted by molar-refractivity contribution is -0.136. The average Bonchev–Trinajstić information content (AvgIpc) is 3.59. The van der Waals surface area contributed by atoms with E-state index in [4.69, 9.17) is 4.74 Å². The summed E-state index contributed by atoms with van der Waals surface area (Å²) in [6.45, 7) is 5.17. The third-order valence-corrected chi connectivity index (χ3v) is 9.68. The molecule has 5 saturated carbocycles. The van der Waals surface area contributed by atoms with E-state index in [0.717, 1.165) is 70.7 Å². The van der Waals surface area contributed by atoms with E-state index in [1.54, 1.807) is 7.11 Å². The zero-order chi connectivity index (χ0) is 24.2. The highest BCUT2D eigenvalue weighted by Gasteiger charge is 2.55. The maximum Gasteiger partial charge on any atom is 0.272 e. The number of carbonyl (C=O) groups is 1. The first-order valence-electron chi connectivity index (χ1n) is 14.0. The smallest absolute Gasteiger partial charge is 0.272 e. The van der Waals surface area contributed by atoms with Gasteiger partial charge >= 0.3 is 0 Å². The van der Waals surface area contributed by atoms with Gasteiger partial charge in [-0.1, -0.05) is 0 Å². The lowest BCUT2D eigenvalue weighted by Gasteiger charge is -2.58. The van der Waals surface area contributed by atoms with E-state index >= 15 is 0 Å². The molecule has 2 heterocycles. The highest BCUT2D eigenvalue weighted by molar-refractivity contribution is 5.93. The summed E-state index contributed by atoms with van der Waals surface area (Å²) < 4.78 is 7.16. The number of hydrogen-bond acceptors (Lipinski definition) is 6. The van der Waals surface area contributed by atoms with E-state index < -0.39 is 5.60 Å². The van der Waals surface area contributed by atoms with Gasteiger partial charge in [-0.25, -0.2) is 0 Å². The van der Waals surface area contributed by atoms with Gasteiger partial charge in [0, 0.05) is 45.4 Å². The zero-order valence-electron chi connectivity index (χ0n) is 21.5. The number of piperidine rings is 1. The summed E-state index contributed by atoms with van der Waals surface area (Å²) in [5, 5.41) is 18.9. The van der Waals surface area contributed by atoms with Crippen LogP contribution in [-0.4, -0.2) is 83.3 Å². The highest BCUT2D eigenvalue weighted by Crippen LogP contribution is 2.55. The van der Waals surface area contributed by atoms with Crippen molar-refractivity contribution < 1.29 is 14.6 Å². The topological polar surface area (TPSA) is 82.9 Å². The summed E-state index contributed by atoms with van der Waals surface area (Å²) in [7, 11) is 3.75. The highest BCUT2D eigenvalue weighted by atomic mass is 16.5. The van der Waals surface area contributed by atoms with Gasteiger partial charge in [0.15, 0.2) is 5.69 Å². The number of nitrogens with zero attached hydrogens (tertiary/aromatic N) is 4. The fourth-order valence-corrected chi connectivity index (χ4v) is 7.99. The molecule has 8 nitrogen and oxygen atoms in total. The predicted octanol–water partition coefficient (Wildman–Crippen LogP) is 2.42. The van der Waals surface area contributed by atoms with Gasteiger partial charge in [-0.2, -0.15) is 5.10 Å². The lowest BCUT2D eigenvalue weighted by atomic mass is 9.52. The third kappa shape index (κ3) is 4.86. The van der Waals surface area contributed by atoms with Gasteiger partial charge in [-0.3, -0.25) is 9.48 Å². The minimum absolute atomic E-state index is 0.0430.